The predicted molar refractivity (Wildman–Crippen MR) is 94.5 cm³/mol. The van der Waals surface area contributed by atoms with Crippen LogP contribution in [-0.4, -0.2) is 36.8 Å². The fourth-order valence-electron chi connectivity index (χ4n) is 2.19. The molecule has 1 aromatic carbocycles. The van der Waals surface area contributed by atoms with Gasteiger partial charge >= 0.3 is 6.09 Å². The molecule has 1 aromatic heterocycles. The van der Waals surface area contributed by atoms with Gasteiger partial charge in [-0.1, -0.05) is 0 Å². The molecule has 2 amide bonds. The van der Waals surface area contributed by atoms with Crippen molar-refractivity contribution in [1.82, 2.24) is 15.8 Å². The van der Waals surface area contributed by atoms with E-state index in [1.807, 2.05) is 0 Å². The van der Waals surface area contributed by atoms with Crippen LogP contribution in [0.5, 0.6) is 11.5 Å². The van der Waals surface area contributed by atoms with E-state index in [0.29, 0.717) is 17.0 Å². The minimum atomic E-state index is -0.838. The second-order valence-electron chi connectivity index (χ2n) is 6.37. The van der Waals surface area contributed by atoms with Gasteiger partial charge < -0.3 is 19.2 Å². The van der Waals surface area contributed by atoms with Gasteiger partial charge in [0.1, 0.15) is 11.2 Å². The van der Waals surface area contributed by atoms with Crippen LogP contribution in [0.3, 0.4) is 0 Å². The summed E-state index contributed by atoms with van der Waals surface area (Å²) in [6.45, 7) is 5.05. The first-order valence-corrected chi connectivity index (χ1v) is 7.73. The van der Waals surface area contributed by atoms with Crippen LogP contribution in [0.15, 0.2) is 23.1 Å². The van der Waals surface area contributed by atoms with Crippen LogP contribution in [0.25, 0.3) is 10.9 Å². The smallest absolute Gasteiger partial charge is 0.426 e. The highest BCUT2D eigenvalue weighted by Crippen LogP contribution is 2.30. The van der Waals surface area contributed by atoms with Crippen LogP contribution >= 0.6 is 0 Å². The van der Waals surface area contributed by atoms with Crippen LogP contribution in [0, 0.1) is 0 Å². The fourth-order valence-corrected chi connectivity index (χ4v) is 2.19. The van der Waals surface area contributed by atoms with E-state index >= 15 is 0 Å². The molecule has 0 fully saturated rings. The standard InChI is InChI=1S/C17H21N3O6/c1-17(2,3)26-16(23)20-19-15(22)10-8-18-11-7-13(25-5)12(24-4)6-9(11)14(10)21/h6-8H,1-5H3,(H,18,21)(H,19,22)(H,20,23). The van der Waals surface area contributed by atoms with Crippen molar-refractivity contribution in [3.8, 4) is 11.5 Å². The number of carbonyl (C=O) groups excluding carboxylic acids is 2. The number of H-pyrrole nitrogens is 1. The lowest BCUT2D eigenvalue weighted by Crippen LogP contribution is -2.45. The number of methoxy groups -OCH3 is 2. The van der Waals surface area contributed by atoms with E-state index in [4.69, 9.17) is 14.2 Å². The Bertz CT molecular complexity index is 898. The zero-order chi connectivity index (χ0) is 19.5. The largest absolute Gasteiger partial charge is 0.493 e. The molecule has 0 spiro atoms. The van der Waals surface area contributed by atoms with Crippen LogP contribution in [-0.2, 0) is 4.74 Å². The van der Waals surface area contributed by atoms with Gasteiger partial charge in [0, 0.05) is 12.3 Å². The number of benzene rings is 1. The lowest BCUT2D eigenvalue weighted by Gasteiger charge is -2.19. The van der Waals surface area contributed by atoms with E-state index in [0.717, 1.165) is 0 Å². The van der Waals surface area contributed by atoms with E-state index in [1.165, 1.54) is 26.5 Å². The molecule has 0 unspecified atom stereocenters. The molecule has 0 aliphatic rings. The van der Waals surface area contributed by atoms with E-state index in [9.17, 15) is 14.4 Å². The van der Waals surface area contributed by atoms with Crippen LogP contribution in [0.1, 0.15) is 31.1 Å². The monoisotopic (exact) mass is 363 g/mol. The number of aromatic nitrogens is 1. The first-order chi connectivity index (χ1) is 12.2. The van der Waals surface area contributed by atoms with Crippen LogP contribution < -0.4 is 25.8 Å². The molecule has 9 nitrogen and oxygen atoms in total. The first kappa shape index (κ1) is 19.1. The molecule has 0 saturated heterocycles. The number of pyridine rings is 1. The molecule has 140 valence electrons. The molecule has 0 saturated carbocycles. The molecule has 0 aliphatic heterocycles. The second-order valence-corrected chi connectivity index (χ2v) is 6.37. The Morgan fingerprint density at radius 1 is 1.04 bits per heavy atom. The van der Waals surface area contributed by atoms with Gasteiger partial charge in [0.05, 0.1) is 25.1 Å². The quantitative estimate of drug-likeness (QED) is 0.715. The molecule has 3 N–H and O–H groups in total. The summed E-state index contributed by atoms with van der Waals surface area (Å²) in [6.07, 6.45) is 0.414. The minimum absolute atomic E-state index is 0.180. The molecular formula is C17H21N3O6. The maximum atomic E-state index is 12.6. The van der Waals surface area contributed by atoms with E-state index in [1.54, 1.807) is 26.8 Å². The summed E-state index contributed by atoms with van der Waals surface area (Å²) < 4.78 is 15.4. The van der Waals surface area contributed by atoms with Gasteiger partial charge in [-0.15, -0.1) is 0 Å². The summed E-state index contributed by atoms with van der Waals surface area (Å²) in [5, 5.41) is 0.243. The van der Waals surface area contributed by atoms with E-state index in [-0.39, 0.29) is 10.9 Å². The lowest BCUT2D eigenvalue weighted by molar-refractivity contribution is 0.0483. The Morgan fingerprint density at radius 3 is 2.23 bits per heavy atom. The van der Waals surface area contributed by atoms with Crippen molar-refractivity contribution in [1.29, 1.82) is 0 Å². The summed E-state index contributed by atoms with van der Waals surface area (Å²) in [5.74, 6) is 0.0168. The number of hydrogen-bond acceptors (Lipinski definition) is 6. The highest BCUT2D eigenvalue weighted by molar-refractivity contribution is 5.98. The van der Waals surface area contributed by atoms with Crippen molar-refractivity contribution in [3.05, 3.63) is 34.1 Å². The maximum absolute atomic E-state index is 12.6. The average molecular weight is 363 g/mol. The zero-order valence-corrected chi connectivity index (χ0v) is 15.2. The normalized spacial score (nSPS) is 11.0. The number of amides is 2. The summed E-state index contributed by atoms with van der Waals surface area (Å²) in [5.41, 5.74) is 3.29. The van der Waals surface area contributed by atoms with Gasteiger partial charge in [0.25, 0.3) is 5.91 Å². The van der Waals surface area contributed by atoms with Crippen molar-refractivity contribution in [2.75, 3.05) is 14.2 Å². The summed E-state index contributed by atoms with van der Waals surface area (Å²) in [4.78, 5) is 39.2. The molecule has 2 aromatic rings. The van der Waals surface area contributed by atoms with Crippen molar-refractivity contribution in [2.24, 2.45) is 0 Å². The third-order valence-electron chi connectivity index (χ3n) is 3.31. The van der Waals surface area contributed by atoms with Gasteiger partial charge in [-0.3, -0.25) is 15.0 Å². The molecular weight excluding hydrogens is 342 g/mol. The number of rotatable bonds is 3. The third-order valence-corrected chi connectivity index (χ3v) is 3.31. The number of carbonyl (C=O) groups is 2. The highest BCUT2D eigenvalue weighted by atomic mass is 16.6. The first-order valence-electron chi connectivity index (χ1n) is 7.73. The Morgan fingerprint density at radius 2 is 1.65 bits per heavy atom. The number of nitrogens with one attached hydrogen (secondary N) is 3. The van der Waals surface area contributed by atoms with Gasteiger partial charge in [0.15, 0.2) is 11.5 Å². The number of aromatic amines is 1. The molecule has 0 atom stereocenters. The number of hydrogen-bond donors (Lipinski definition) is 3. The van der Waals surface area contributed by atoms with Crippen LogP contribution in [0.2, 0.25) is 0 Å². The van der Waals surface area contributed by atoms with Gasteiger partial charge in [0.2, 0.25) is 5.43 Å². The molecule has 9 heteroatoms. The summed E-state index contributed by atoms with van der Waals surface area (Å²) in [6, 6.07) is 3.07. The topological polar surface area (TPSA) is 119 Å². The Hall–Kier alpha value is -3.23. The molecule has 0 radical (unpaired) electrons. The van der Waals surface area contributed by atoms with Crippen LogP contribution in [0.4, 0.5) is 4.79 Å². The number of fused-ring (bicyclic) bond motifs is 1. The zero-order valence-electron chi connectivity index (χ0n) is 15.2. The Labute approximate surface area is 149 Å². The Kier molecular flexibility index (Phi) is 5.39. The molecule has 1 heterocycles. The summed E-state index contributed by atoms with van der Waals surface area (Å²) >= 11 is 0. The molecule has 0 aliphatic carbocycles. The van der Waals surface area contributed by atoms with E-state index in [2.05, 4.69) is 15.8 Å². The van der Waals surface area contributed by atoms with Crippen molar-refractivity contribution in [3.63, 3.8) is 0 Å². The molecule has 0 bridgehead atoms. The van der Waals surface area contributed by atoms with Crippen molar-refractivity contribution >= 4 is 22.9 Å². The number of ether oxygens (including phenoxy) is 3. The Balaban J connectivity index is 2.27. The summed E-state index contributed by atoms with van der Waals surface area (Å²) in [7, 11) is 2.92. The van der Waals surface area contributed by atoms with Crippen molar-refractivity contribution < 1.29 is 23.8 Å². The van der Waals surface area contributed by atoms with Gasteiger partial charge in [-0.05, 0) is 26.8 Å². The average Bonchev–Trinajstić information content (AvgIpc) is 2.57. The molecule has 26 heavy (non-hydrogen) atoms. The second kappa shape index (κ2) is 7.34. The SMILES string of the molecule is COc1cc2[nH]cc(C(=O)NNC(=O)OC(C)(C)C)c(=O)c2cc1OC. The number of hydrazine groups is 1. The lowest BCUT2D eigenvalue weighted by atomic mass is 10.1. The fraction of sp³-hybridized carbons (Fsp3) is 0.353. The predicted octanol–water partition coefficient (Wildman–Crippen LogP) is 1.71. The molecule has 2 rings (SSSR count). The minimum Gasteiger partial charge on any atom is -0.493 e. The van der Waals surface area contributed by atoms with E-state index < -0.39 is 23.0 Å². The van der Waals surface area contributed by atoms with Crippen molar-refractivity contribution in [2.45, 2.75) is 26.4 Å². The van der Waals surface area contributed by atoms with Gasteiger partial charge in [-0.25, -0.2) is 10.2 Å². The highest BCUT2D eigenvalue weighted by Gasteiger charge is 2.19. The third kappa shape index (κ3) is 4.24. The maximum Gasteiger partial charge on any atom is 0.426 e. The van der Waals surface area contributed by atoms with Gasteiger partial charge in [-0.2, -0.15) is 0 Å².